The summed E-state index contributed by atoms with van der Waals surface area (Å²) < 4.78 is 13.9. The van der Waals surface area contributed by atoms with E-state index in [9.17, 15) is 10.1 Å². The summed E-state index contributed by atoms with van der Waals surface area (Å²) in [5, 5.41) is 20.0. The number of aromatic nitrogens is 4. The molecule has 0 saturated heterocycles. The van der Waals surface area contributed by atoms with Crippen LogP contribution in [0.1, 0.15) is 17.8 Å². The van der Waals surface area contributed by atoms with Crippen LogP contribution >= 0.6 is 34.0 Å². The molecule has 0 radical (unpaired) electrons. The number of rotatable bonds is 9. The molecule has 25 heavy (non-hydrogen) atoms. The maximum atomic E-state index is 11.4. The van der Waals surface area contributed by atoms with E-state index in [1.54, 1.807) is 37.4 Å². The van der Waals surface area contributed by atoms with Crippen LogP contribution in [0.2, 0.25) is 0 Å². The monoisotopic (exact) mass is 479 g/mol. The standard InChI is InChI=1S/C13H19BIN5O4S/c1-9-8-11(18(3)16-9)19-10(2)12(20(21)22)13(17-19)24-6-5-7-25-14(15)23-4/h8H,5-7H2,1-4H3. The Labute approximate surface area is 163 Å². The Morgan fingerprint density at radius 1 is 1.44 bits per heavy atom. The molecule has 2 aromatic rings. The second-order valence-corrected chi connectivity index (χ2v) is 8.40. The van der Waals surface area contributed by atoms with Gasteiger partial charge in [-0.3, -0.25) is 14.8 Å². The lowest BCUT2D eigenvalue weighted by molar-refractivity contribution is -0.386. The first-order chi connectivity index (χ1) is 11.8. The van der Waals surface area contributed by atoms with Gasteiger partial charge in [0, 0.05) is 20.2 Å². The molecule has 0 fully saturated rings. The van der Waals surface area contributed by atoms with Gasteiger partial charge in [0.1, 0.15) is 5.69 Å². The summed E-state index contributed by atoms with van der Waals surface area (Å²) in [6, 6.07) is 1.81. The molecule has 0 spiro atoms. The summed E-state index contributed by atoms with van der Waals surface area (Å²) >= 11 is 3.83. The molecule has 2 rings (SSSR count). The number of halogens is 1. The van der Waals surface area contributed by atoms with Crippen molar-refractivity contribution in [2.45, 2.75) is 20.3 Å². The summed E-state index contributed by atoms with van der Waals surface area (Å²) in [6.07, 6.45) is 0.738. The molecule has 2 aromatic heterocycles. The summed E-state index contributed by atoms with van der Waals surface area (Å²) in [7, 11) is 3.42. The molecule has 136 valence electrons. The van der Waals surface area contributed by atoms with Gasteiger partial charge in [-0.1, -0.05) is 22.4 Å². The van der Waals surface area contributed by atoms with Crippen LogP contribution in [0.5, 0.6) is 5.88 Å². The minimum absolute atomic E-state index is 0.0316. The SMILES string of the molecule is COB(I)SCCCOc1nn(-c2cc(C)nn2C)c(C)c1[N+](=O)[O-]. The molecule has 0 aliphatic carbocycles. The molecule has 0 saturated carbocycles. The fourth-order valence-electron chi connectivity index (χ4n) is 2.27. The number of hydrogen-bond acceptors (Lipinski definition) is 7. The molecule has 12 heteroatoms. The fraction of sp³-hybridized carbons (Fsp3) is 0.538. The highest BCUT2D eigenvalue weighted by molar-refractivity contribution is 14.1. The van der Waals surface area contributed by atoms with Crippen molar-refractivity contribution >= 4 is 43.7 Å². The molecular weight excluding hydrogens is 460 g/mol. The Balaban J connectivity index is 2.14. The van der Waals surface area contributed by atoms with Gasteiger partial charge in [0.25, 0.3) is 0 Å². The Bertz CT molecular complexity index is 753. The molecule has 0 N–H and O–H groups in total. The van der Waals surface area contributed by atoms with E-state index in [-0.39, 0.29) is 15.6 Å². The van der Waals surface area contributed by atoms with E-state index in [0.29, 0.717) is 18.1 Å². The topological polar surface area (TPSA) is 97.2 Å². The zero-order chi connectivity index (χ0) is 18.6. The van der Waals surface area contributed by atoms with Crippen LogP contribution in [0.15, 0.2) is 6.07 Å². The van der Waals surface area contributed by atoms with Gasteiger partial charge in [-0.15, -0.1) is 5.10 Å². The van der Waals surface area contributed by atoms with E-state index in [4.69, 9.17) is 9.39 Å². The molecular formula is C13H19BIN5O4S. The Morgan fingerprint density at radius 2 is 2.16 bits per heavy atom. The molecule has 0 amide bonds. The lowest BCUT2D eigenvalue weighted by Gasteiger charge is -2.04. The van der Waals surface area contributed by atoms with E-state index in [2.05, 4.69) is 32.6 Å². The van der Waals surface area contributed by atoms with E-state index in [1.165, 1.54) is 4.68 Å². The van der Waals surface area contributed by atoms with E-state index < -0.39 is 4.92 Å². The predicted octanol–water partition coefficient (Wildman–Crippen LogP) is 2.70. The zero-order valence-electron chi connectivity index (χ0n) is 14.4. The van der Waals surface area contributed by atoms with Crippen molar-refractivity contribution in [1.82, 2.24) is 19.6 Å². The average molecular weight is 479 g/mol. The molecule has 2 heterocycles. The van der Waals surface area contributed by atoms with Gasteiger partial charge in [-0.2, -0.15) is 16.7 Å². The molecule has 0 aliphatic rings. The first kappa shape index (κ1) is 20.0. The number of aryl methyl sites for hydroxylation is 2. The molecule has 9 nitrogen and oxygen atoms in total. The second-order valence-electron chi connectivity index (χ2n) is 5.26. The van der Waals surface area contributed by atoms with E-state index in [0.717, 1.165) is 17.9 Å². The maximum Gasteiger partial charge on any atom is 0.434 e. The van der Waals surface area contributed by atoms with Gasteiger partial charge in [0.15, 0.2) is 5.82 Å². The van der Waals surface area contributed by atoms with Gasteiger partial charge in [-0.05, 0) is 26.0 Å². The average Bonchev–Trinajstić information content (AvgIpc) is 3.05. The third kappa shape index (κ3) is 4.88. The normalized spacial score (nSPS) is 10.9. The summed E-state index contributed by atoms with van der Waals surface area (Å²) in [5.74, 6) is 1.51. The maximum absolute atomic E-state index is 11.4. The highest BCUT2D eigenvalue weighted by Crippen LogP contribution is 2.31. The number of ether oxygens (including phenoxy) is 1. The predicted molar refractivity (Wildman–Crippen MR) is 106 cm³/mol. The van der Waals surface area contributed by atoms with Crippen LogP contribution in [0, 0.1) is 24.0 Å². The Kier molecular flexibility index (Phi) is 7.13. The van der Waals surface area contributed by atoms with Crippen molar-refractivity contribution in [2.24, 2.45) is 7.05 Å². The molecule has 0 bridgehead atoms. The van der Waals surface area contributed by atoms with Gasteiger partial charge < -0.3 is 9.39 Å². The van der Waals surface area contributed by atoms with E-state index in [1.807, 2.05) is 13.0 Å². The van der Waals surface area contributed by atoms with Crippen molar-refractivity contribution in [3.05, 3.63) is 27.6 Å². The fourth-order valence-corrected chi connectivity index (χ4v) is 3.63. The minimum Gasteiger partial charge on any atom is -0.472 e. The lowest BCUT2D eigenvalue weighted by Crippen LogP contribution is -2.07. The largest absolute Gasteiger partial charge is 0.472 e. The molecule has 0 aromatic carbocycles. The Hall–Kier alpha value is -1.28. The van der Waals surface area contributed by atoms with Crippen molar-refractivity contribution in [3.63, 3.8) is 0 Å². The van der Waals surface area contributed by atoms with Crippen LogP contribution in [0.25, 0.3) is 5.82 Å². The summed E-state index contributed by atoms with van der Waals surface area (Å²) in [4.78, 5) is 11.0. The van der Waals surface area contributed by atoms with Crippen LogP contribution < -0.4 is 4.74 Å². The highest BCUT2D eigenvalue weighted by atomic mass is 127. The lowest BCUT2D eigenvalue weighted by atomic mass is 10.4. The van der Waals surface area contributed by atoms with Crippen LogP contribution in [-0.2, 0) is 11.7 Å². The van der Waals surface area contributed by atoms with Gasteiger partial charge in [-0.25, -0.2) is 4.68 Å². The van der Waals surface area contributed by atoms with Crippen LogP contribution in [-0.4, -0.2) is 48.0 Å². The molecule has 0 atom stereocenters. The number of nitro groups is 1. The number of hydrogen-bond donors (Lipinski definition) is 0. The first-order valence-electron chi connectivity index (χ1n) is 7.51. The number of nitrogens with zero attached hydrogens (tertiary/aromatic N) is 5. The van der Waals surface area contributed by atoms with Crippen molar-refractivity contribution in [1.29, 1.82) is 0 Å². The quantitative estimate of drug-likeness (QED) is 0.180. The first-order valence-corrected chi connectivity index (χ1v) is 9.81. The molecule has 0 aliphatic heterocycles. The van der Waals surface area contributed by atoms with E-state index >= 15 is 0 Å². The van der Waals surface area contributed by atoms with Crippen molar-refractivity contribution in [2.75, 3.05) is 19.5 Å². The van der Waals surface area contributed by atoms with Gasteiger partial charge in [0.05, 0.1) is 17.2 Å². The van der Waals surface area contributed by atoms with Crippen LogP contribution in [0.3, 0.4) is 0 Å². The van der Waals surface area contributed by atoms with Crippen molar-refractivity contribution < 1.29 is 14.3 Å². The molecule has 0 unspecified atom stereocenters. The minimum atomic E-state index is -0.460. The van der Waals surface area contributed by atoms with Crippen LogP contribution in [0.4, 0.5) is 5.69 Å². The highest BCUT2D eigenvalue weighted by Gasteiger charge is 2.28. The third-order valence-electron chi connectivity index (χ3n) is 3.39. The zero-order valence-corrected chi connectivity index (χ0v) is 17.4. The Morgan fingerprint density at radius 3 is 2.72 bits per heavy atom. The van der Waals surface area contributed by atoms with Gasteiger partial charge >= 0.3 is 15.6 Å². The smallest absolute Gasteiger partial charge is 0.434 e. The van der Waals surface area contributed by atoms with Gasteiger partial charge in [0.2, 0.25) is 0 Å². The summed E-state index contributed by atoms with van der Waals surface area (Å²) in [6.45, 7) is 3.85. The summed E-state index contributed by atoms with van der Waals surface area (Å²) in [5.41, 5.74) is 1.10. The second kappa shape index (κ2) is 8.89. The van der Waals surface area contributed by atoms with Crippen molar-refractivity contribution in [3.8, 4) is 11.7 Å². The third-order valence-corrected chi connectivity index (χ3v) is 5.96.